The number of nitrogens with one attached hydrogen (secondary N) is 2. The fourth-order valence-corrected chi connectivity index (χ4v) is 3.19. The molecule has 3 aromatic rings. The summed E-state index contributed by atoms with van der Waals surface area (Å²) >= 11 is 3.20. The van der Waals surface area contributed by atoms with E-state index in [0.717, 1.165) is 32.0 Å². The van der Waals surface area contributed by atoms with Crippen molar-refractivity contribution in [2.24, 2.45) is 0 Å². The van der Waals surface area contributed by atoms with E-state index in [1.54, 1.807) is 18.2 Å². The third kappa shape index (κ3) is 3.27. The van der Waals surface area contributed by atoms with Crippen LogP contribution in [0.15, 0.2) is 41.1 Å². The Morgan fingerprint density at radius 1 is 1.12 bits per heavy atom. The van der Waals surface area contributed by atoms with Gasteiger partial charge in [-0.05, 0) is 40.2 Å². The number of piperazine rings is 1. The summed E-state index contributed by atoms with van der Waals surface area (Å²) in [7, 11) is 0. The molecule has 8 heteroatoms. The Kier molecular flexibility index (Phi) is 4.46. The lowest BCUT2D eigenvalue weighted by Gasteiger charge is -2.28. The zero-order valence-electron chi connectivity index (χ0n) is 13.3. The van der Waals surface area contributed by atoms with Gasteiger partial charge in [0, 0.05) is 26.2 Å². The second-order valence-electron chi connectivity index (χ2n) is 5.72. The molecule has 6 nitrogen and oxygen atoms in total. The van der Waals surface area contributed by atoms with E-state index in [1.807, 2.05) is 12.1 Å². The first-order chi connectivity index (χ1) is 12.2. The minimum Gasteiger partial charge on any atom is -0.354 e. The molecule has 0 bridgehead atoms. The van der Waals surface area contributed by atoms with E-state index < -0.39 is 0 Å². The summed E-state index contributed by atoms with van der Waals surface area (Å²) in [6.45, 7) is 3.66. The summed E-state index contributed by atoms with van der Waals surface area (Å²) in [6.07, 6.45) is 1.45. The minimum absolute atomic E-state index is 0.337. The molecule has 1 aromatic carbocycles. The molecule has 0 atom stereocenters. The average molecular weight is 403 g/mol. The summed E-state index contributed by atoms with van der Waals surface area (Å²) in [6, 6.07) is 8.96. The van der Waals surface area contributed by atoms with E-state index in [0.29, 0.717) is 27.0 Å². The number of anilines is 3. The van der Waals surface area contributed by atoms with Crippen molar-refractivity contribution in [3.05, 3.63) is 46.9 Å². The molecule has 1 aliphatic heterocycles. The van der Waals surface area contributed by atoms with Gasteiger partial charge < -0.3 is 15.5 Å². The average Bonchev–Trinajstić information content (AvgIpc) is 2.66. The standard InChI is InChI=1S/C17H16BrFN6/c18-11-2-1-3-12(15(11)19)23-17-16-13(21-10-22-17)4-5-14(24-16)25-8-6-20-7-9-25/h1-5,10,20H,6-9H2,(H,21,22,23). The summed E-state index contributed by atoms with van der Waals surface area (Å²) in [5, 5.41) is 6.36. The summed E-state index contributed by atoms with van der Waals surface area (Å²) in [5.41, 5.74) is 1.67. The Hall–Kier alpha value is -2.32. The van der Waals surface area contributed by atoms with Gasteiger partial charge in [0.05, 0.1) is 15.7 Å². The molecule has 2 N–H and O–H groups in total. The number of pyridine rings is 1. The van der Waals surface area contributed by atoms with Crippen LogP contribution in [0, 0.1) is 5.82 Å². The fourth-order valence-electron chi connectivity index (χ4n) is 2.82. The summed E-state index contributed by atoms with van der Waals surface area (Å²) in [4.78, 5) is 15.5. The first-order valence-corrected chi connectivity index (χ1v) is 8.80. The lowest BCUT2D eigenvalue weighted by molar-refractivity contribution is 0.585. The smallest absolute Gasteiger partial charge is 0.160 e. The molecule has 0 spiro atoms. The molecule has 0 amide bonds. The third-order valence-corrected chi connectivity index (χ3v) is 4.73. The monoisotopic (exact) mass is 402 g/mol. The Morgan fingerprint density at radius 3 is 2.80 bits per heavy atom. The molecule has 1 saturated heterocycles. The van der Waals surface area contributed by atoms with Crippen LogP contribution >= 0.6 is 15.9 Å². The fraction of sp³-hybridized carbons (Fsp3) is 0.235. The van der Waals surface area contributed by atoms with Crippen molar-refractivity contribution >= 4 is 44.3 Å². The largest absolute Gasteiger partial charge is 0.354 e. The summed E-state index contributed by atoms with van der Waals surface area (Å²) < 4.78 is 14.7. The molecule has 3 heterocycles. The van der Waals surface area contributed by atoms with Gasteiger partial charge in [-0.3, -0.25) is 0 Å². The highest BCUT2D eigenvalue weighted by atomic mass is 79.9. The Morgan fingerprint density at radius 2 is 1.96 bits per heavy atom. The van der Waals surface area contributed by atoms with Gasteiger partial charge in [0.15, 0.2) is 11.6 Å². The van der Waals surface area contributed by atoms with Crippen LogP contribution in [0.2, 0.25) is 0 Å². The van der Waals surface area contributed by atoms with Crippen LogP contribution in [0.1, 0.15) is 0 Å². The van der Waals surface area contributed by atoms with Gasteiger partial charge in [0.25, 0.3) is 0 Å². The number of aromatic nitrogens is 3. The highest BCUT2D eigenvalue weighted by Crippen LogP contribution is 2.28. The maximum absolute atomic E-state index is 14.3. The predicted octanol–water partition coefficient (Wildman–Crippen LogP) is 3.08. The van der Waals surface area contributed by atoms with Crippen LogP contribution < -0.4 is 15.5 Å². The van der Waals surface area contributed by atoms with E-state index in [1.165, 1.54) is 6.33 Å². The molecule has 2 aromatic heterocycles. The van der Waals surface area contributed by atoms with Gasteiger partial charge in [-0.25, -0.2) is 19.3 Å². The van der Waals surface area contributed by atoms with Gasteiger partial charge in [0.2, 0.25) is 0 Å². The Labute approximate surface area is 152 Å². The van der Waals surface area contributed by atoms with Crippen molar-refractivity contribution in [1.29, 1.82) is 0 Å². The van der Waals surface area contributed by atoms with Gasteiger partial charge in [-0.2, -0.15) is 0 Å². The quantitative estimate of drug-likeness (QED) is 0.701. The second-order valence-corrected chi connectivity index (χ2v) is 6.58. The predicted molar refractivity (Wildman–Crippen MR) is 99.8 cm³/mol. The van der Waals surface area contributed by atoms with E-state index in [-0.39, 0.29) is 5.82 Å². The van der Waals surface area contributed by atoms with E-state index in [9.17, 15) is 4.39 Å². The highest BCUT2D eigenvalue weighted by molar-refractivity contribution is 9.10. The van der Waals surface area contributed by atoms with Crippen molar-refractivity contribution in [3.63, 3.8) is 0 Å². The lowest BCUT2D eigenvalue weighted by Crippen LogP contribution is -2.43. The maximum Gasteiger partial charge on any atom is 0.160 e. The van der Waals surface area contributed by atoms with Gasteiger partial charge in [-0.15, -0.1) is 0 Å². The van der Waals surface area contributed by atoms with Crippen molar-refractivity contribution in [1.82, 2.24) is 20.3 Å². The molecule has 0 aliphatic carbocycles. The minimum atomic E-state index is -0.368. The molecule has 0 unspecified atom stereocenters. The van der Waals surface area contributed by atoms with Gasteiger partial charge in [0.1, 0.15) is 17.7 Å². The van der Waals surface area contributed by atoms with Gasteiger partial charge in [-0.1, -0.05) is 6.07 Å². The van der Waals surface area contributed by atoms with Crippen LogP contribution in [0.4, 0.5) is 21.7 Å². The Bertz CT molecular complexity index is 913. The van der Waals surface area contributed by atoms with Crippen molar-refractivity contribution in [2.45, 2.75) is 0 Å². The number of hydrogen-bond acceptors (Lipinski definition) is 6. The first-order valence-electron chi connectivity index (χ1n) is 8.01. The van der Waals surface area contributed by atoms with Crippen molar-refractivity contribution < 1.29 is 4.39 Å². The number of nitrogens with zero attached hydrogens (tertiary/aromatic N) is 4. The molecule has 0 radical (unpaired) electrons. The molecule has 0 saturated carbocycles. The van der Waals surface area contributed by atoms with E-state index in [2.05, 4.69) is 41.4 Å². The van der Waals surface area contributed by atoms with Crippen molar-refractivity contribution in [3.8, 4) is 0 Å². The van der Waals surface area contributed by atoms with Crippen LogP contribution in [0.3, 0.4) is 0 Å². The first kappa shape index (κ1) is 16.2. The number of halogens is 2. The van der Waals surface area contributed by atoms with Gasteiger partial charge >= 0.3 is 0 Å². The molecule has 25 heavy (non-hydrogen) atoms. The number of benzene rings is 1. The summed E-state index contributed by atoms with van der Waals surface area (Å²) in [5.74, 6) is 0.994. The Balaban J connectivity index is 1.74. The van der Waals surface area contributed by atoms with Crippen LogP contribution in [0.5, 0.6) is 0 Å². The molecule has 128 valence electrons. The lowest BCUT2D eigenvalue weighted by atomic mass is 10.2. The second kappa shape index (κ2) is 6.89. The molecular formula is C17H16BrFN6. The topological polar surface area (TPSA) is 66.0 Å². The van der Waals surface area contributed by atoms with Crippen molar-refractivity contribution in [2.75, 3.05) is 36.4 Å². The SMILES string of the molecule is Fc1c(Br)cccc1Nc1ncnc2ccc(N3CCNCC3)nc12. The van der Waals surface area contributed by atoms with Crippen LogP contribution in [-0.2, 0) is 0 Å². The highest BCUT2D eigenvalue weighted by Gasteiger charge is 2.15. The van der Waals surface area contributed by atoms with E-state index >= 15 is 0 Å². The van der Waals surface area contributed by atoms with Crippen LogP contribution in [-0.4, -0.2) is 41.1 Å². The number of rotatable bonds is 3. The number of fused-ring (bicyclic) bond motifs is 1. The molecule has 1 fully saturated rings. The van der Waals surface area contributed by atoms with Crippen LogP contribution in [0.25, 0.3) is 11.0 Å². The van der Waals surface area contributed by atoms with E-state index in [4.69, 9.17) is 4.98 Å². The zero-order chi connectivity index (χ0) is 17.2. The maximum atomic E-state index is 14.3. The normalized spacial score (nSPS) is 14.7. The number of hydrogen-bond donors (Lipinski definition) is 2. The zero-order valence-corrected chi connectivity index (χ0v) is 14.9. The molecule has 4 rings (SSSR count). The third-order valence-electron chi connectivity index (χ3n) is 4.11. The molecule has 1 aliphatic rings. The molecular weight excluding hydrogens is 387 g/mol.